The molecular weight excluding hydrogens is 505 g/mol. The van der Waals surface area contributed by atoms with Crippen molar-refractivity contribution in [2.45, 2.75) is 44.9 Å². The maximum Gasteiger partial charge on any atom is 0.416 e. The number of piperazine rings is 1. The second-order valence-electron chi connectivity index (χ2n) is 10.2. The van der Waals surface area contributed by atoms with Gasteiger partial charge in [-0.2, -0.15) is 13.2 Å². The third-order valence-electron chi connectivity index (χ3n) is 7.08. The van der Waals surface area contributed by atoms with Crippen molar-refractivity contribution in [3.8, 4) is 0 Å². The zero-order valence-electron chi connectivity index (χ0n) is 20.9. The minimum absolute atomic E-state index is 0.109. The number of carbonyl (C=O) groups is 2. The van der Waals surface area contributed by atoms with Gasteiger partial charge in [0.15, 0.2) is 0 Å². The zero-order valence-corrected chi connectivity index (χ0v) is 21.6. The van der Waals surface area contributed by atoms with E-state index in [1.165, 1.54) is 6.07 Å². The van der Waals surface area contributed by atoms with Crippen LogP contribution in [0.2, 0.25) is 5.02 Å². The van der Waals surface area contributed by atoms with Gasteiger partial charge in [0.1, 0.15) is 0 Å². The number of nitrogens with two attached hydrogens (primary N) is 1. The van der Waals surface area contributed by atoms with Gasteiger partial charge in [-0.3, -0.25) is 9.59 Å². The number of rotatable bonds is 6. The van der Waals surface area contributed by atoms with E-state index >= 15 is 0 Å². The lowest BCUT2D eigenvalue weighted by Crippen LogP contribution is -2.51. The molecule has 3 unspecified atom stereocenters. The smallest absolute Gasteiger partial charge is 0.368 e. The molecule has 0 radical (unpaired) electrons. The van der Waals surface area contributed by atoms with Crippen LogP contribution in [0.15, 0.2) is 42.5 Å². The predicted molar refractivity (Wildman–Crippen MR) is 137 cm³/mol. The number of halogens is 4. The molecule has 2 aliphatic rings. The minimum atomic E-state index is -4.46. The molecule has 4 rings (SSSR count). The van der Waals surface area contributed by atoms with E-state index in [0.717, 1.165) is 17.7 Å². The molecule has 2 aromatic carbocycles. The largest absolute Gasteiger partial charge is 0.416 e. The Bertz CT molecular complexity index is 1130. The summed E-state index contributed by atoms with van der Waals surface area (Å²) in [6, 6.07) is 9.86. The lowest BCUT2D eigenvalue weighted by atomic mass is 9.92. The van der Waals surface area contributed by atoms with E-state index in [0.29, 0.717) is 48.9 Å². The van der Waals surface area contributed by atoms with Crippen LogP contribution >= 0.6 is 11.6 Å². The number of hydrogen-bond acceptors (Lipinski definition) is 4. The van der Waals surface area contributed by atoms with Crippen LogP contribution in [0.4, 0.5) is 18.9 Å². The molecule has 200 valence electrons. The Kier molecular flexibility index (Phi) is 8.04. The van der Waals surface area contributed by atoms with Gasteiger partial charge in [0, 0.05) is 49.4 Å². The number of carbonyl (C=O) groups excluding carboxylic acids is 2. The Hall–Kier alpha value is -2.78. The highest BCUT2D eigenvalue weighted by atomic mass is 35.5. The fraction of sp³-hybridized carbons (Fsp3) is 0.481. The van der Waals surface area contributed by atoms with E-state index in [2.05, 4.69) is 5.32 Å². The van der Waals surface area contributed by atoms with Gasteiger partial charge in [-0.15, -0.1) is 0 Å². The van der Waals surface area contributed by atoms with Crippen LogP contribution in [-0.2, 0) is 15.8 Å². The fourth-order valence-electron chi connectivity index (χ4n) is 5.22. The molecule has 0 bridgehead atoms. The van der Waals surface area contributed by atoms with Crippen molar-refractivity contribution in [2.24, 2.45) is 17.6 Å². The molecule has 2 amide bonds. The Balaban J connectivity index is 1.49. The van der Waals surface area contributed by atoms with Gasteiger partial charge in [-0.25, -0.2) is 0 Å². The van der Waals surface area contributed by atoms with Crippen LogP contribution in [0.3, 0.4) is 0 Å². The molecular formula is C27H32ClF3N4O2. The van der Waals surface area contributed by atoms with Crippen molar-refractivity contribution >= 4 is 29.1 Å². The van der Waals surface area contributed by atoms with Crippen LogP contribution in [-0.4, -0.2) is 42.9 Å². The van der Waals surface area contributed by atoms with E-state index in [1.54, 1.807) is 17.0 Å². The number of amides is 2. The van der Waals surface area contributed by atoms with Crippen LogP contribution in [0.25, 0.3) is 0 Å². The summed E-state index contributed by atoms with van der Waals surface area (Å²) in [6.07, 6.45) is -3.79. The summed E-state index contributed by atoms with van der Waals surface area (Å²) in [5, 5.41) is 3.47. The second kappa shape index (κ2) is 10.9. The van der Waals surface area contributed by atoms with Crippen LogP contribution in [0, 0.1) is 11.8 Å². The Morgan fingerprint density at radius 1 is 1.11 bits per heavy atom. The summed E-state index contributed by atoms with van der Waals surface area (Å²) in [7, 11) is 0. The van der Waals surface area contributed by atoms with Gasteiger partial charge in [0.25, 0.3) is 0 Å². The Morgan fingerprint density at radius 2 is 1.76 bits per heavy atom. The number of alkyl halides is 3. The normalized spacial score (nSPS) is 21.4. The average Bonchev–Trinajstić information content (AvgIpc) is 3.24. The van der Waals surface area contributed by atoms with Crippen molar-refractivity contribution in [3.05, 3.63) is 64.2 Å². The number of anilines is 1. The summed E-state index contributed by atoms with van der Waals surface area (Å²) in [5.74, 6) is -0.586. The van der Waals surface area contributed by atoms with Crippen molar-refractivity contribution in [2.75, 3.05) is 31.1 Å². The lowest BCUT2D eigenvalue weighted by molar-refractivity contribution is -0.138. The topological polar surface area (TPSA) is 78.7 Å². The first-order valence-electron chi connectivity index (χ1n) is 12.5. The van der Waals surface area contributed by atoms with E-state index in [4.69, 9.17) is 17.3 Å². The number of nitrogens with zero attached hydrogens (tertiary/aromatic N) is 2. The van der Waals surface area contributed by atoms with E-state index in [-0.39, 0.29) is 24.2 Å². The first kappa shape index (κ1) is 27.3. The molecule has 0 aromatic heterocycles. The molecule has 2 aliphatic heterocycles. The molecule has 6 nitrogen and oxygen atoms in total. The highest BCUT2D eigenvalue weighted by molar-refractivity contribution is 6.30. The highest BCUT2D eigenvalue weighted by Gasteiger charge is 2.41. The lowest BCUT2D eigenvalue weighted by Gasteiger charge is -2.39. The van der Waals surface area contributed by atoms with Crippen LogP contribution in [0.1, 0.15) is 55.5 Å². The van der Waals surface area contributed by atoms with Crippen molar-refractivity contribution in [1.29, 1.82) is 0 Å². The minimum Gasteiger partial charge on any atom is -0.368 e. The van der Waals surface area contributed by atoms with Crippen molar-refractivity contribution in [1.82, 2.24) is 10.2 Å². The average molecular weight is 537 g/mol. The van der Waals surface area contributed by atoms with Crippen LogP contribution in [0.5, 0.6) is 0 Å². The van der Waals surface area contributed by atoms with E-state index in [1.807, 2.05) is 30.9 Å². The number of benzene rings is 2. The quantitative estimate of drug-likeness (QED) is 0.549. The van der Waals surface area contributed by atoms with Gasteiger partial charge < -0.3 is 20.9 Å². The summed E-state index contributed by atoms with van der Waals surface area (Å²) in [6.45, 7) is 5.68. The summed E-state index contributed by atoms with van der Waals surface area (Å²) >= 11 is 5.99. The summed E-state index contributed by atoms with van der Waals surface area (Å²) < 4.78 is 40.3. The summed E-state index contributed by atoms with van der Waals surface area (Å²) in [4.78, 5) is 29.4. The third kappa shape index (κ3) is 6.21. The highest BCUT2D eigenvalue weighted by Crippen LogP contribution is 2.37. The monoisotopic (exact) mass is 536 g/mol. The van der Waals surface area contributed by atoms with Gasteiger partial charge in [-0.1, -0.05) is 37.6 Å². The molecule has 2 heterocycles. The first-order chi connectivity index (χ1) is 17.4. The van der Waals surface area contributed by atoms with Crippen molar-refractivity contribution in [3.63, 3.8) is 0 Å². The first-order valence-corrected chi connectivity index (χ1v) is 12.9. The van der Waals surface area contributed by atoms with E-state index in [9.17, 15) is 22.8 Å². The molecule has 37 heavy (non-hydrogen) atoms. The molecule has 2 saturated heterocycles. The predicted octanol–water partition coefficient (Wildman–Crippen LogP) is 4.93. The second-order valence-corrected chi connectivity index (χ2v) is 10.7. The van der Waals surface area contributed by atoms with Gasteiger partial charge in [0.2, 0.25) is 11.8 Å². The molecule has 2 aromatic rings. The standard InChI is InChI=1S/C27H32ClF3N4O2/c1-16(2)13-22(32)20-14-18(27(29,30)31)5-8-23(20)34-9-11-35(12-10-34)26(37)21-15-24(36)33-25(21)17-3-6-19(28)7-4-17/h3-8,14,16,21-22,25H,9-13,15,32H2,1-2H3,(H,33,36). The SMILES string of the molecule is CC(C)CC(N)c1cc(C(F)(F)F)ccc1N1CCN(C(=O)C2CC(=O)NC2c2ccc(Cl)cc2)CC1. The third-order valence-corrected chi connectivity index (χ3v) is 7.33. The molecule has 2 fully saturated rings. The maximum absolute atomic E-state index is 13.4. The Morgan fingerprint density at radius 3 is 2.35 bits per heavy atom. The Labute approximate surface area is 219 Å². The zero-order chi connectivity index (χ0) is 26.9. The number of hydrogen-bond donors (Lipinski definition) is 2. The fourth-order valence-corrected chi connectivity index (χ4v) is 5.35. The van der Waals surface area contributed by atoms with Crippen LogP contribution < -0.4 is 16.0 Å². The maximum atomic E-state index is 13.4. The van der Waals surface area contributed by atoms with Gasteiger partial charge in [-0.05, 0) is 53.8 Å². The molecule has 10 heteroatoms. The molecule has 3 N–H and O–H groups in total. The van der Waals surface area contributed by atoms with Gasteiger partial charge in [0.05, 0.1) is 17.5 Å². The van der Waals surface area contributed by atoms with Crippen molar-refractivity contribution < 1.29 is 22.8 Å². The molecule has 3 atom stereocenters. The number of nitrogens with one attached hydrogen (secondary N) is 1. The molecule has 0 spiro atoms. The molecule has 0 aliphatic carbocycles. The van der Waals surface area contributed by atoms with E-state index < -0.39 is 29.7 Å². The molecule has 0 saturated carbocycles. The summed E-state index contributed by atoms with van der Waals surface area (Å²) in [5.41, 5.74) is 7.60. The van der Waals surface area contributed by atoms with Gasteiger partial charge >= 0.3 is 6.18 Å².